The van der Waals surface area contributed by atoms with Crippen LogP contribution in [0.5, 0.6) is 0 Å². The van der Waals surface area contributed by atoms with Gasteiger partial charge in [0.2, 0.25) is 0 Å². The molecule has 4 nitrogen and oxygen atoms in total. The molecule has 1 saturated heterocycles. The number of rotatable bonds is 1. The van der Waals surface area contributed by atoms with Crippen LogP contribution in [0.15, 0.2) is 12.4 Å². The molecular formula is C13H21N3O. The molecule has 1 aromatic heterocycles. The lowest BCUT2D eigenvalue weighted by molar-refractivity contribution is -0.133. The van der Waals surface area contributed by atoms with Crippen molar-refractivity contribution in [3.8, 4) is 0 Å². The molecule has 0 N–H and O–H groups in total. The predicted octanol–water partition coefficient (Wildman–Crippen LogP) is 2.18. The van der Waals surface area contributed by atoms with Gasteiger partial charge in [-0.25, -0.2) is 4.98 Å². The third-order valence-corrected chi connectivity index (χ3v) is 2.76. The summed E-state index contributed by atoms with van der Waals surface area (Å²) in [5, 5.41) is 0. The molecular weight excluding hydrogens is 214 g/mol. The molecule has 1 aromatic rings. The maximum absolute atomic E-state index is 6.05. The SMILES string of the molecule is Cc1cncc(N2CC(C)(C)OC(C)(C)C2)n1. The summed E-state index contributed by atoms with van der Waals surface area (Å²) in [6.45, 7) is 12.1. The van der Waals surface area contributed by atoms with E-state index in [2.05, 4.69) is 42.6 Å². The first-order valence-corrected chi connectivity index (χ1v) is 6.01. The van der Waals surface area contributed by atoms with E-state index in [-0.39, 0.29) is 11.2 Å². The smallest absolute Gasteiger partial charge is 0.147 e. The van der Waals surface area contributed by atoms with E-state index in [1.807, 2.05) is 13.1 Å². The first-order chi connectivity index (χ1) is 7.77. The fraction of sp³-hybridized carbons (Fsp3) is 0.692. The van der Waals surface area contributed by atoms with E-state index in [9.17, 15) is 0 Å². The lowest BCUT2D eigenvalue weighted by Crippen LogP contribution is -2.57. The van der Waals surface area contributed by atoms with Crippen LogP contribution in [0.4, 0.5) is 5.82 Å². The van der Waals surface area contributed by atoms with Crippen LogP contribution in [0.25, 0.3) is 0 Å². The van der Waals surface area contributed by atoms with E-state index in [1.165, 1.54) is 0 Å². The molecule has 0 unspecified atom stereocenters. The highest BCUT2D eigenvalue weighted by molar-refractivity contribution is 5.38. The fourth-order valence-corrected chi connectivity index (χ4v) is 2.55. The molecule has 2 heterocycles. The zero-order valence-corrected chi connectivity index (χ0v) is 11.3. The van der Waals surface area contributed by atoms with Gasteiger partial charge in [0, 0.05) is 19.3 Å². The largest absolute Gasteiger partial charge is 0.366 e. The minimum Gasteiger partial charge on any atom is -0.366 e. The molecule has 0 saturated carbocycles. The Hall–Kier alpha value is -1.16. The van der Waals surface area contributed by atoms with Gasteiger partial charge in [-0.15, -0.1) is 0 Å². The second-order valence-electron chi connectivity index (χ2n) is 6.00. The molecule has 1 aliphatic heterocycles. The van der Waals surface area contributed by atoms with E-state index in [4.69, 9.17) is 4.74 Å². The Labute approximate surface area is 103 Å². The van der Waals surface area contributed by atoms with Crippen molar-refractivity contribution >= 4 is 5.82 Å². The zero-order valence-electron chi connectivity index (χ0n) is 11.3. The number of hydrogen-bond donors (Lipinski definition) is 0. The third kappa shape index (κ3) is 2.94. The van der Waals surface area contributed by atoms with Gasteiger partial charge in [-0.05, 0) is 34.6 Å². The van der Waals surface area contributed by atoms with Crippen LogP contribution in [0.3, 0.4) is 0 Å². The predicted molar refractivity (Wildman–Crippen MR) is 68.2 cm³/mol. The maximum Gasteiger partial charge on any atom is 0.147 e. The number of anilines is 1. The molecule has 0 radical (unpaired) electrons. The Bertz CT molecular complexity index is 399. The average molecular weight is 235 g/mol. The molecule has 2 rings (SSSR count). The minimum atomic E-state index is -0.160. The lowest BCUT2D eigenvalue weighted by atomic mass is 9.99. The highest BCUT2D eigenvalue weighted by Gasteiger charge is 2.38. The van der Waals surface area contributed by atoms with Crippen molar-refractivity contribution in [2.75, 3.05) is 18.0 Å². The fourth-order valence-electron chi connectivity index (χ4n) is 2.55. The Morgan fingerprint density at radius 1 is 1.12 bits per heavy atom. The van der Waals surface area contributed by atoms with Gasteiger partial charge in [-0.1, -0.05) is 0 Å². The van der Waals surface area contributed by atoms with E-state index >= 15 is 0 Å². The number of aromatic nitrogens is 2. The normalized spacial score (nSPS) is 22.5. The summed E-state index contributed by atoms with van der Waals surface area (Å²) in [7, 11) is 0. The highest BCUT2D eigenvalue weighted by Crippen LogP contribution is 2.30. The van der Waals surface area contributed by atoms with Crippen LogP contribution in [-0.2, 0) is 4.74 Å². The van der Waals surface area contributed by atoms with Gasteiger partial charge in [0.1, 0.15) is 5.82 Å². The van der Waals surface area contributed by atoms with Gasteiger partial charge < -0.3 is 9.64 Å². The number of aryl methyl sites for hydroxylation is 1. The van der Waals surface area contributed by atoms with E-state index in [0.717, 1.165) is 24.6 Å². The monoisotopic (exact) mass is 235 g/mol. The van der Waals surface area contributed by atoms with Gasteiger partial charge in [-0.2, -0.15) is 0 Å². The van der Waals surface area contributed by atoms with E-state index < -0.39 is 0 Å². The van der Waals surface area contributed by atoms with Gasteiger partial charge in [0.25, 0.3) is 0 Å². The summed E-state index contributed by atoms with van der Waals surface area (Å²) < 4.78 is 6.05. The molecule has 4 heteroatoms. The molecule has 0 aliphatic carbocycles. The molecule has 1 fully saturated rings. The van der Waals surface area contributed by atoms with E-state index in [1.54, 1.807) is 6.20 Å². The minimum absolute atomic E-state index is 0.160. The Balaban J connectivity index is 2.27. The second kappa shape index (κ2) is 3.95. The summed E-state index contributed by atoms with van der Waals surface area (Å²) in [5.74, 6) is 0.939. The summed E-state index contributed by atoms with van der Waals surface area (Å²) in [6, 6.07) is 0. The van der Waals surface area contributed by atoms with Crippen molar-refractivity contribution < 1.29 is 4.74 Å². The average Bonchev–Trinajstić information content (AvgIpc) is 2.12. The Morgan fingerprint density at radius 3 is 2.24 bits per heavy atom. The topological polar surface area (TPSA) is 38.2 Å². The molecule has 1 aliphatic rings. The summed E-state index contributed by atoms with van der Waals surface area (Å²) >= 11 is 0. The van der Waals surface area contributed by atoms with Crippen molar-refractivity contribution in [1.29, 1.82) is 0 Å². The quantitative estimate of drug-likeness (QED) is 0.748. The van der Waals surface area contributed by atoms with Crippen molar-refractivity contribution in [3.63, 3.8) is 0 Å². The van der Waals surface area contributed by atoms with Crippen molar-refractivity contribution in [2.24, 2.45) is 0 Å². The molecule has 17 heavy (non-hydrogen) atoms. The number of ether oxygens (including phenoxy) is 1. The van der Waals surface area contributed by atoms with E-state index in [0.29, 0.717) is 0 Å². The first-order valence-electron chi connectivity index (χ1n) is 6.01. The van der Waals surface area contributed by atoms with Crippen LogP contribution in [0, 0.1) is 6.92 Å². The van der Waals surface area contributed by atoms with Crippen LogP contribution in [0.2, 0.25) is 0 Å². The van der Waals surface area contributed by atoms with Crippen LogP contribution in [0.1, 0.15) is 33.4 Å². The van der Waals surface area contributed by atoms with Gasteiger partial charge in [-0.3, -0.25) is 4.98 Å². The molecule has 0 bridgehead atoms. The first kappa shape index (κ1) is 12.3. The molecule has 0 aromatic carbocycles. The molecule has 0 amide bonds. The third-order valence-electron chi connectivity index (χ3n) is 2.76. The van der Waals surface area contributed by atoms with Crippen molar-refractivity contribution in [2.45, 2.75) is 45.8 Å². The second-order valence-corrected chi connectivity index (χ2v) is 6.00. The zero-order chi connectivity index (χ0) is 12.7. The number of nitrogens with zero attached hydrogens (tertiary/aromatic N) is 3. The van der Waals surface area contributed by atoms with Crippen LogP contribution < -0.4 is 4.90 Å². The van der Waals surface area contributed by atoms with Gasteiger partial charge >= 0.3 is 0 Å². The Kier molecular flexibility index (Phi) is 2.86. The summed E-state index contributed by atoms with van der Waals surface area (Å²) in [5.41, 5.74) is 0.630. The standard InChI is InChI=1S/C13H21N3O/c1-10-6-14-7-11(15-10)16-8-12(2,3)17-13(4,5)9-16/h6-7H,8-9H2,1-5H3. The van der Waals surface area contributed by atoms with Crippen LogP contribution >= 0.6 is 0 Å². The van der Waals surface area contributed by atoms with Gasteiger partial charge in [0.15, 0.2) is 0 Å². The molecule has 0 spiro atoms. The lowest BCUT2D eigenvalue weighted by Gasteiger charge is -2.47. The van der Waals surface area contributed by atoms with Gasteiger partial charge in [0.05, 0.1) is 23.1 Å². The van der Waals surface area contributed by atoms with Crippen molar-refractivity contribution in [3.05, 3.63) is 18.1 Å². The molecule has 94 valence electrons. The van der Waals surface area contributed by atoms with Crippen LogP contribution in [-0.4, -0.2) is 34.3 Å². The summed E-state index contributed by atoms with van der Waals surface area (Å²) in [6.07, 6.45) is 3.60. The maximum atomic E-state index is 6.05. The molecule has 0 atom stereocenters. The Morgan fingerprint density at radius 2 is 1.71 bits per heavy atom. The highest BCUT2D eigenvalue weighted by atomic mass is 16.5. The number of hydrogen-bond acceptors (Lipinski definition) is 4. The van der Waals surface area contributed by atoms with Crippen molar-refractivity contribution in [1.82, 2.24) is 9.97 Å². The number of morpholine rings is 1. The summed E-state index contributed by atoms with van der Waals surface area (Å²) in [4.78, 5) is 11.0.